The molecule has 0 aliphatic carbocycles. The zero-order valence-corrected chi connectivity index (χ0v) is 11.2. The summed E-state index contributed by atoms with van der Waals surface area (Å²) < 4.78 is 1.82. The number of nitrogens with two attached hydrogens (primary N) is 1. The van der Waals surface area contributed by atoms with Crippen molar-refractivity contribution in [2.45, 2.75) is 19.9 Å². The first-order chi connectivity index (χ1) is 8.58. The molecule has 96 valence electrons. The average Bonchev–Trinajstić information content (AvgIpc) is 2.66. The highest BCUT2D eigenvalue weighted by Gasteiger charge is 2.06. The van der Waals surface area contributed by atoms with Crippen LogP contribution in [0.15, 0.2) is 18.3 Å². The van der Waals surface area contributed by atoms with Gasteiger partial charge in [-0.25, -0.2) is 4.98 Å². The van der Waals surface area contributed by atoms with Crippen molar-refractivity contribution in [1.29, 1.82) is 0 Å². The van der Waals surface area contributed by atoms with Crippen LogP contribution in [-0.2, 0) is 20.0 Å². The van der Waals surface area contributed by atoms with E-state index in [-0.39, 0.29) is 0 Å². The van der Waals surface area contributed by atoms with Gasteiger partial charge < -0.3 is 11.1 Å². The van der Waals surface area contributed by atoms with Crippen molar-refractivity contribution < 1.29 is 0 Å². The van der Waals surface area contributed by atoms with E-state index in [0.29, 0.717) is 23.2 Å². The van der Waals surface area contributed by atoms with Gasteiger partial charge in [-0.3, -0.25) is 4.68 Å². The second-order valence-electron chi connectivity index (χ2n) is 4.09. The smallest absolute Gasteiger partial charge is 0.133 e. The maximum absolute atomic E-state index is 5.85. The first-order valence-corrected chi connectivity index (χ1v) is 6.14. The standard InChI is InChI=1S/C12H16ClN5/c1-3-10-8(7-18(2)17-10)6-15-12-5-9(14)4-11(13)16-12/h4-5,7H,3,6H2,1-2H3,(H3,14,15,16). The normalized spacial score (nSPS) is 10.6. The first-order valence-electron chi connectivity index (χ1n) is 5.77. The molecule has 2 rings (SSSR count). The number of hydrogen-bond donors (Lipinski definition) is 2. The predicted molar refractivity (Wildman–Crippen MR) is 73.6 cm³/mol. The molecule has 0 aliphatic heterocycles. The van der Waals surface area contributed by atoms with Gasteiger partial charge in [-0.1, -0.05) is 18.5 Å². The number of hydrogen-bond acceptors (Lipinski definition) is 4. The van der Waals surface area contributed by atoms with E-state index in [1.165, 1.54) is 0 Å². The number of aromatic nitrogens is 3. The molecule has 2 aromatic rings. The average molecular weight is 266 g/mol. The fourth-order valence-electron chi connectivity index (χ4n) is 1.82. The van der Waals surface area contributed by atoms with E-state index in [0.717, 1.165) is 17.7 Å². The van der Waals surface area contributed by atoms with E-state index >= 15 is 0 Å². The van der Waals surface area contributed by atoms with Gasteiger partial charge >= 0.3 is 0 Å². The van der Waals surface area contributed by atoms with Gasteiger partial charge in [0.1, 0.15) is 11.0 Å². The Morgan fingerprint density at radius 3 is 2.89 bits per heavy atom. The van der Waals surface area contributed by atoms with Crippen LogP contribution in [-0.4, -0.2) is 14.8 Å². The Morgan fingerprint density at radius 1 is 1.44 bits per heavy atom. The van der Waals surface area contributed by atoms with Crippen LogP contribution < -0.4 is 11.1 Å². The molecule has 0 fully saturated rings. The molecular weight excluding hydrogens is 250 g/mol. The summed E-state index contributed by atoms with van der Waals surface area (Å²) in [6.07, 6.45) is 2.91. The van der Waals surface area contributed by atoms with Crippen molar-refractivity contribution in [3.63, 3.8) is 0 Å². The van der Waals surface area contributed by atoms with Crippen LogP contribution in [0, 0.1) is 0 Å². The Bertz CT molecular complexity index is 529. The molecule has 3 N–H and O–H groups in total. The molecule has 0 aromatic carbocycles. The van der Waals surface area contributed by atoms with Crippen molar-refractivity contribution in [3.05, 3.63) is 34.7 Å². The van der Waals surface area contributed by atoms with E-state index in [4.69, 9.17) is 17.3 Å². The molecule has 0 atom stereocenters. The lowest BCUT2D eigenvalue weighted by atomic mass is 10.2. The molecular formula is C12H16ClN5. The summed E-state index contributed by atoms with van der Waals surface area (Å²) in [5.41, 5.74) is 8.54. The lowest BCUT2D eigenvalue weighted by molar-refractivity contribution is 0.746. The van der Waals surface area contributed by atoms with Gasteiger partial charge in [0.15, 0.2) is 0 Å². The molecule has 18 heavy (non-hydrogen) atoms. The van der Waals surface area contributed by atoms with Crippen LogP contribution in [0.3, 0.4) is 0 Å². The lowest BCUT2D eigenvalue weighted by Crippen LogP contribution is -2.03. The van der Waals surface area contributed by atoms with E-state index in [1.54, 1.807) is 12.1 Å². The lowest BCUT2D eigenvalue weighted by Gasteiger charge is -2.06. The number of nitrogens with one attached hydrogen (secondary N) is 1. The van der Waals surface area contributed by atoms with E-state index in [1.807, 2.05) is 17.9 Å². The van der Waals surface area contributed by atoms with E-state index in [9.17, 15) is 0 Å². The number of pyridine rings is 1. The monoisotopic (exact) mass is 265 g/mol. The summed E-state index contributed by atoms with van der Waals surface area (Å²) in [5.74, 6) is 0.672. The molecule has 6 heteroatoms. The highest BCUT2D eigenvalue weighted by molar-refractivity contribution is 6.29. The summed E-state index contributed by atoms with van der Waals surface area (Å²) in [6, 6.07) is 3.38. The highest BCUT2D eigenvalue weighted by atomic mass is 35.5. The molecule has 0 amide bonds. The Kier molecular flexibility index (Phi) is 3.72. The Morgan fingerprint density at radius 2 is 2.22 bits per heavy atom. The molecule has 0 unspecified atom stereocenters. The topological polar surface area (TPSA) is 68.8 Å². The van der Waals surface area contributed by atoms with Gasteiger partial charge in [0.05, 0.1) is 5.69 Å². The minimum atomic E-state index is 0.388. The predicted octanol–water partition coefficient (Wildman–Crippen LogP) is 2.23. The number of nitrogens with zero attached hydrogens (tertiary/aromatic N) is 3. The third-order valence-electron chi connectivity index (χ3n) is 2.60. The molecule has 5 nitrogen and oxygen atoms in total. The second kappa shape index (κ2) is 5.27. The summed E-state index contributed by atoms with van der Waals surface area (Å²) in [7, 11) is 1.91. The van der Waals surface area contributed by atoms with Crippen molar-refractivity contribution in [2.24, 2.45) is 7.05 Å². The molecule has 0 saturated heterocycles. The number of nitrogen functional groups attached to an aromatic ring is 1. The van der Waals surface area contributed by atoms with Crippen LogP contribution in [0.1, 0.15) is 18.2 Å². The summed E-state index contributed by atoms with van der Waals surface area (Å²) >= 11 is 5.85. The molecule has 0 aliphatic rings. The molecule has 0 radical (unpaired) electrons. The first kappa shape index (κ1) is 12.7. The van der Waals surface area contributed by atoms with Crippen LogP contribution in [0.2, 0.25) is 5.15 Å². The quantitative estimate of drug-likeness (QED) is 0.832. The number of rotatable bonds is 4. The Labute approximate surface area is 111 Å². The van der Waals surface area contributed by atoms with Gasteiger partial charge in [-0.15, -0.1) is 0 Å². The van der Waals surface area contributed by atoms with Crippen LogP contribution >= 0.6 is 11.6 Å². The van der Waals surface area contributed by atoms with Crippen molar-refractivity contribution in [2.75, 3.05) is 11.1 Å². The zero-order valence-electron chi connectivity index (χ0n) is 10.4. The van der Waals surface area contributed by atoms with E-state index in [2.05, 4.69) is 22.3 Å². The number of halogens is 1. The maximum Gasteiger partial charge on any atom is 0.133 e. The van der Waals surface area contributed by atoms with Gasteiger partial charge in [0.2, 0.25) is 0 Å². The maximum atomic E-state index is 5.85. The fourth-order valence-corrected chi connectivity index (χ4v) is 2.04. The van der Waals surface area contributed by atoms with Crippen LogP contribution in [0.4, 0.5) is 11.5 Å². The summed E-state index contributed by atoms with van der Waals surface area (Å²) in [5, 5.41) is 7.97. The van der Waals surface area contributed by atoms with Gasteiger partial charge in [0.25, 0.3) is 0 Å². The zero-order chi connectivity index (χ0) is 13.1. The number of aryl methyl sites for hydroxylation is 2. The third kappa shape index (κ3) is 2.92. The van der Waals surface area contributed by atoms with Gasteiger partial charge in [-0.05, 0) is 12.5 Å². The second-order valence-corrected chi connectivity index (χ2v) is 4.48. The van der Waals surface area contributed by atoms with Gasteiger partial charge in [0, 0.05) is 37.1 Å². The summed E-state index contributed by atoms with van der Waals surface area (Å²) in [4.78, 5) is 4.16. The van der Waals surface area contributed by atoms with Crippen molar-refractivity contribution in [1.82, 2.24) is 14.8 Å². The molecule has 0 spiro atoms. The SMILES string of the molecule is CCc1nn(C)cc1CNc1cc(N)cc(Cl)n1. The van der Waals surface area contributed by atoms with Crippen LogP contribution in [0.25, 0.3) is 0 Å². The van der Waals surface area contributed by atoms with Crippen molar-refractivity contribution >= 4 is 23.1 Å². The largest absolute Gasteiger partial charge is 0.399 e. The molecule has 2 heterocycles. The van der Waals surface area contributed by atoms with Crippen molar-refractivity contribution in [3.8, 4) is 0 Å². The highest BCUT2D eigenvalue weighted by Crippen LogP contribution is 2.17. The van der Waals surface area contributed by atoms with Crippen LogP contribution in [0.5, 0.6) is 0 Å². The van der Waals surface area contributed by atoms with Gasteiger partial charge in [-0.2, -0.15) is 5.10 Å². The Hall–Kier alpha value is -1.75. The minimum Gasteiger partial charge on any atom is -0.399 e. The Balaban J connectivity index is 2.11. The molecule has 0 saturated carbocycles. The third-order valence-corrected chi connectivity index (χ3v) is 2.80. The van der Waals surface area contributed by atoms with E-state index < -0.39 is 0 Å². The molecule has 2 aromatic heterocycles. The number of anilines is 2. The fraction of sp³-hybridized carbons (Fsp3) is 0.333. The minimum absolute atomic E-state index is 0.388. The summed E-state index contributed by atoms with van der Waals surface area (Å²) in [6.45, 7) is 2.74. The molecule has 0 bridgehead atoms.